The zero-order valence-corrected chi connectivity index (χ0v) is 12.8. The summed E-state index contributed by atoms with van der Waals surface area (Å²) >= 11 is 0. The van der Waals surface area contributed by atoms with Crippen LogP contribution in [-0.4, -0.2) is 43.7 Å². The number of unbranched alkanes of at least 4 members (excludes halogenated alkanes) is 2. The highest BCUT2D eigenvalue weighted by molar-refractivity contribution is 5.72. The fraction of sp³-hybridized carbons (Fsp3) is 0.438. The fourth-order valence-electron chi connectivity index (χ4n) is 1.80. The second-order valence-electron chi connectivity index (χ2n) is 4.62. The number of hydrogen-bond donors (Lipinski definition) is 0. The summed E-state index contributed by atoms with van der Waals surface area (Å²) in [6, 6.07) is 9.49. The van der Waals surface area contributed by atoms with Crippen molar-refractivity contribution in [2.45, 2.75) is 25.9 Å². The lowest BCUT2D eigenvalue weighted by molar-refractivity contribution is -0.107. The van der Waals surface area contributed by atoms with Gasteiger partial charge in [-0.05, 0) is 18.4 Å². The van der Waals surface area contributed by atoms with Crippen molar-refractivity contribution < 1.29 is 19.2 Å². The number of ether oxygens (including phenoxy) is 1. The summed E-state index contributed by atoms with van der Waals surface area (Å²) in [5.74, 6) is 0. The lowest BCUT2D eigenvalue weighted by atomic mass is 10.2. The van der Waals surface area contributed by atoms with Crippen LogP contribution in [0.2, 0.25) is 0 Å². The first-order valence-electron chi connectivity index (χ1n) is 7.22. The topological polar surface area (TPSA) is 68.2 Å². The number of carbonyl (C=O) groups is 2. The van der Waals surface area contributed by atoms with Gasteiger partial charge in [-0.2, -0.15) is 0 Å². The number of oxime groups is 1. The third-order valence-electron chi connectivity index (χ3n) is 2.95. The monoisotopic (exact) mass is 306 g/mol. The number of rotatable bonds is 10. The van der Waals surface area contributed by atoms with Crippen molar-refractivity contribution in [3.8, 4) is 0 Å². The predicted molar refractivity (Wildman–Crippen MR) is 83.6 cm³/mol. The van der Waals surface area contributed by atoms with E-state index in [1.807, 2.05) is 30.3 Å². The van der Waals surface area contributed by atoms with E-state index in [0.29, 0.717) is 19.5 Å². The smallest absolute Gasteiger partial charge is 0.410 e. The highest BCUT2D eigenvalue weighted by Gasteiger charge is 2.13. The van der Waals surface area contributed by atoms with Gasteiger partial charge in [0.25, 0.3) is 0 Å². The third kappa shape index (κ3) is 7.42. The summed E-state index contributed by atoms with van der Waals surface area (Å²) in [6.45, 7) is 1.05. The van der Waals surface area contributed by atoms with Gasteiger partial charge in [0.1, 0.15) is 20.0 Å². The average Bonchev–Trinajstić information content (AvgIpc) is 2.56. The Kier molecular flexibility index (Phi) is 9.09. The van der Waals surface area contributed by atoms with Gasteiger partial charge in [-0.15, -0.1) is 0 Å². The molecule has 0 spiro atoms. The Bertz CT molecular complexity index is 462. The van der Waals surface area contributed by atoms with Gasteiger partial charge in [0, 0.05) is 13.0 Å². The van der Waals surface area contributed by atoms with Crippen LogP contribution in [0.25, 0.3) is 0 Å². The molecule has 0 unspecified atom stereocenters. The molecule has 0 aliphatic heterocycles. The van der Waals surface area contributed by atoms with Gasteiger partial charge in [0.15, 0.2) is 0 Å². The largest absolute Gasteiger partial charge is 0.445 e. The number of benzene rings is 1. The lowest BCUT2D eigenvalue weighted by Crippen LogP contribution is -2.34. The van der Waals surface area contributed by atoms with Gasteiger partial charge in [-0.1, -0.05) is 35.5 Å². The SMILES string of the molecule is CO/N=C/CN(CCCCC=O)C(=O)OCc1ccccc1. The Morgan fingerprint density at radius 1 is 1.27 bits per heavy atom. The summed E-state index contributed by atoms with van der Waals surface area (Å²) in [4.78, 5) is 28.5. The standard InChI is InChI=1S/C16H22N2O4/c1-21-17-10-12-18(11-6-3-7-13-19)16(20)22-14-15-8-4-2-5-9-15/h2,4-5,8-10,13H,3,6-7,11-12,14H2,1H3/b17-10+. The molecule has 1 aromatic rings. The Hall–Kier alpha value is -2.37. The first-order chi connectivity index (χ1) is 10.8. The molecule has 0 saturated heterocycles. The zero-order valence-electron chi connectivity index (χ0n) is 12.8. The molecule has 0 fully saturated rings. The first-order valence-corrected chi connectivity index (χ1v) is 7.22. The van der Waals surface area contributed by atoms with E-state index in [4.69, 9.17) is 4.74 Å². The maximum Gasteiger partial charge on any atom is 0.410 e. The number of hydrogen-bond acceptors (Lipinski definition) is 5. The minimum absolute atomic E-state index is 0.228. The van der Waals surface area contributed by atoms with Crippen LogP contribution in [-0.2, 0) is 21.0 Å². The van der Waals surface area contributed by atoms with Crippen molar-refractivity contribution in [2.75, 3.05) is 20.2 Å². The van der Waals surface area contributed by atoms with Crippen molar-refractivity contribution in [2.24, 2.45) is 5.16 Å². The fourth-order valence-corrected chi connectivity index (χ4v) is 1.80. The Morgan fingerprint density at radius 2 is 2.05 bits per heavy atom. The molecule has 0 saturated carbocycles. The molecule has 0 heterocycles. The highest BCUT2D eigenvalue weighted by atomic mass is 16.6. The average molecular weight is 306 g/mol. The molecule has 1 rings (SSSR count). The van der Waals surface area contributed by atoms with E-state index in [1.54, 1.807) is 0 Å². The predicted octanol–water partition coefficient (Wildman–Crippen LogP) is 2.63. The molecule has 6 heteroatoms. The van der Waals surface area contributed by atoms with Gasteiger partial charge in [-0.3, -0.25) is 0 Å². The van der Waals surface area contributed by atoms with Crippen molar-refractivity contribution in [3.05, 3.63) is 35.9 Å². The van der Waals surface area contributed by atoms with E-state index in [9.17, 15) is 9.59 Å². The number of nitrogens with zero attached hydrogens (tertiary/aromatic N) is 2. The maximum absolute atomic E-state index is 12.1. The van der Waals surface area contributed by atoms with Crippen LogP contribution in [0.4, 0.5) is 4.79 Å². The van der Waals surface area contributed by atoms with Crippen molar-refractivity contribution in [1.29, 1.82) is 0 Å². The maximum atomic E-state index is 12.1. The summed E-state index contributed by atoms with van der Waals surface area (Å²) in [5, 5.41) is 3.63. The summed E-state index contributed by atoms with van der Waals surface area (Å²) in [6.07, 6.45) is 3.96. The number of carbonyl (C=O) groups excluding carboxylic acids is 2. The van der Waals surface area contributed by atoms with Crippen molar-refractivity contribution in [3.63, 3.8) is 0 Å². The van der Waals surface area contributed by atoms with E-state index in [-0.39, 0.29) is 6.61 Å². The second-order valence-corrected chi connectivity index (χ2v) is 4.62. The van der Waals surface area contributed by atoms with Gasteiger partial charge >= 0.3 is 6.09 Å². The van der Waals surface area contributed by atoms with E-state index >= 15 is 0 Å². The lowest BCUT2D eigenvalue weighted by Gasteiger charge is -2.20. The molecule has 22 heavy (non-hydrogen) atoms. The molecule has 1 aromatic carbocycles. The van der Waals surface area contributed by atoms with Crippen LogP contribution in [0.5, 0.6) is 0 Å². The second kappa shape index (κ2) is 11.3. The minimum Gasteiger partial charge on any atom is -0.445 e. The number of aldehydes is 1. The molecule has 0 atom stereocenters. The quantitative estimate of drug-likeness (QED) is 0.288. The van der Waals surface area contributed by atoms with E-state index in [1.165, 1.54) is 18.2 Å². The summed E-state index contributed by atoms with van der Waals surface area (Å²) in [5.41, 5.74) is 0.933. The number of amides is 1. The normalized spacial score (nSPS) is 10.4. The summed E-state index contributed by atoms with van der Waals surface area (Å²) in [7, 11) is 1.44. The Balaban J connectivity index is 2.46. The van der Waals surface area contributed by atoms with Crippen LogP contribution >= 0.6 is 0 Å². The van der Waals surface area contributed by atoms with Gasteiger partial charge in [-0.25, -0.2) is 4.79 Å². The van der Waals surface area contributed by atoms with Crippen LogP contribution in [0.1, 0.15) is 24.8 Å². The van der Waals surface area contributed by atoms with Gasteiger partial charge in [0.05, 0.1) is 12.8 Å². The van der Waals surface area contributed by atoms with E-state index in [2.05, 4.69) is 9.99 Å². The van der Waals surface area contributed by atoms with E-state index in [0.717, 1.165) is 24.7 Å². The van der Waals surface area contributed by atoms with Crippen LogP contribution in [0.15, 0.2) is 35.5 Å². The molecule has 0 aliphatic rings. The Morgan fingerprint density at radius 3 is 2.73 bits per heavy atom. The molecule has 0 aliphatic carbocycles. The zero-order chi connectivity index (χ0) is 16.0. The van der Waals surface area contributed by atoms with E-state index < -0.39 is 6.09 Å². The summed E-state index contributed by atoms with van der Waals surface area (Å²) < 4.78 is 5.29. The van der Waals surface area contributed by atoms with Crippen LogP contribution < -0.4 is 0 Å². The Labute approximate surface area is 130 Å². The molecule has 0 bridgehead atoms. The molecule has 0 aromatic heterocycles. The van der Waals surface area contributed by atoms with Crippen LogP contribution in [0, 0.1) is 0 Å². The molecule has 120 valence electrons. The highest BCUT2D eigenvalue weighted by Crippen LogP contribution is 2.05. The first kappa shape index (κ1) is 17.7. The third-order valence-corrected chi connectivity index (χ3v) is 2.95. The molecular formula is C16H22N2O4. The molecule has 6 nitrogen and oxygen atoms in total. The van der Waals surface area contributed by atoms with Crippen molar-refractivity contribution >= 4 is 18.6 Å². The van der Waals surface area contributed by atoms with Crippen molar-refractivity contribution in [1.82, 2.24) is 4.90 Å². The van der Waals surface area contributed by atoms with Gasteiger partial charge in [0.2, 0.25) is 0 Å². The molecule has 0 N–H and O–H groups in total. The van der Waals surface area contributed by atoms with Gasteiger partial charge < -0.3 is 19.3 Å². The molecular weight excluding hydrogens is 284 g/mol. The minimum atomic E-state index is -0.405. The van der Waals surface area contributed by atoms with Crippen LogP contribution in [0.3, 0.4) is 0 Å². The molecule has 0 radical (unpaired) electrons. The molecule has 1 amide bonds.